The van der Waals surface area contributed by atoms with E-state index >= 15 is 0 Å². The van der Waals surface area contributed by atoms with E-state index in [0.717, 1.165) is 33.3 Å². The van der Waals surface area contributed by atoms with E-state index in [4.69, 9.17) is 18.9 Å². The molecule has 0 atom stereocenters. The summed E-state index contributed by atoms with van der Waals surface area (Å²) in [5, 5.41) is 5.85. The fourth-order valence-electron chi connectivity index (χ4n) is 3.03. The number of carbonyl (C=O) groups excluding carboxylic acids is 1. The number of nitrogens with one attached hydrogen (secondary N) is 1. The molecule has 1 amide bonds. The molecular formula is C22H22N2O5S2. The van der Waals surface area contributed by atoms with Crippen LogP contribution in [0.15, 0.2) is 41.8 Å². The van der Waals surface area contributed by atoms with E-state index in [1.165, 1.54) is 11.8 Å². The van der Waals surface area contributed by atoms with Crippen molar-refractivity contribution in [3.63, 3.8) is 0 Å². The van der Waals surface area contributed by atoms with Crippen LogP contribution in [0.2, 0.25) is 0 Å². The number of methoxy groups -OCH3 is 2. The summed E-state index contributed by atoms with van der Waals surface area (Å²) in [6.45, 7) is 0.697. The smallest absolute Gasteiger partial charge is 0.231 e. The van der Waals surface area contributed by atoms with Crippen molar-refractivity contribution in [1.82, 2.24) is 10.3 Å². The largest absolute Gasteiger partial charge is 0.493 e. The minimum atomic E-state index is -0.0157. The number of hydrogen-bond acceptors (Lipinski definition) is 8. The van der Waals surface area contributed by atoms with Gasteiger partial charge in [0.15, 0.2) is 23.0 Å². The average molecular weight is 459 g/mol. The molecule has 0 fully saturated rings. The molecule has 0 aliphatic carbocycles. The molecule has 0 saturated heterocycles. The molecule has 0 spiro atoms. The zero-order valence-electron chi connectivity index (χ0n) is 17.2. The van der Waals surface area contributed by atoms with Gasteiger partial charge in [-0.3, -0.25) is 4.79 Å². The van der Waals surface area contributed by atoms with Crippen LogP contribution in [-0.4, -0.2) is 37.7 Å². The Morgan fingerprint density at radius 1 is 1.13 bits per heavy atom. The zero-order valence-corrected chi connectivity index (χ0v) is 18.8. The Morgan fingerprint density at radius 3 is 2.81 bits per heavy atom. The van der Waals surface area contributed by atoms with Gasteiger partial charge in [0.1, 0.15) is 5.01 Å². The molecule has 1 aromatic heterocycles. The molecule has 162 valence electrons. The van der Waals surface area contributed by atoms with Crippen LogP contribution < -0.4 is 24.3 Å². The average Bonchev–Trinajstić information content (AvgIpc) is 3.46. The Hall–Kier alpha value is -2.91. The van der Waals surface area contributed by atoms with Crippen molar-refractivity contribution in [2.75, 3.05) is 26.8 Å². The Labute approximate surface area is 188 Å². The minimum Gasteiger partial charge on any atom is -0.493 e. The van der Waals surface area contributed by atoms with E-state index in [9.17, 15) is 4.79 Å². The van der Waals surface area contributed by atoms with Gasteiger partial charge in [0.25, 0.3) is 0 Å². The van der Waals surface area contributed by atoms with Gasteiger partial charge in [0, 0.05) is 23.2 Å². The van der Waals surface area contributed by atoms with Crippen molar-refractivity contribution in [1.29, 1.82) is 0 Å². The molecule has 0 radical (unpaired) electrons. The maximum atomic E-state index is 12.2. The van der Waals surface area contributed by atoms with Gasteiger partial charge in [-0.05, 0) is 35.9 Å². The predicted molar refractivity (Wildman–Crippen MR) is 121 cm³/mol. The van der Waals surface area contributed by atoms with E-state index in [1.807, 2.05) is 41.8 Å². The van der Waals surface area contributed by atoms with Gasteiger partial charge in [-0.1, -0.05) is 6.07 Å². The Bertz CT molecular complexity index is 1070. The molecule has 0 saturated carbocycles. The minimum absolute atomic E-state index is 0.0157. The van der Waals surface area contributed by atoms with Crippen molar-refractivity contribution in [3.05, 3.63) is 53.0 Å². The number of thioether (sulfide) groups is 1. The third-order valence-electron chi connectivity index (χ3n) is 4.59. The lowest BCUT2D eigenvalue weighted by Gasteiger charge is -2.08. The first-order valence-corrected chi connectivity index (χ1v) is 11.6. The lowest BCUT2D eigenvalue weighted by Crippen LogP contribution is -2.24. The van der Waals surface area contributed by atoms with Crippen LogP contribution in [-0.2, 0) is 17.1 Å². The number of amides is 1. The number of fused-ring (bicyclic) bond motifs is 1. The van der Waals surface area contributed by atoms with E-state index < -0.39 is 0 Å². The van der Waals surface area contributed by atoms with Crippen LogP contribution >= 0.6 is 23.1 Å². The summed E-state index contributed by atoms with van der Waals surface area (Å²) < 4.78 is 21.3. The fourth-order valence-corrected chi connectivity index (χ4v) is 4.69. The Balaban J connectivity index is 1.25. The first-order valence-electron chi connectivity index (χ1n) is 9.56. The molecular weight excluding hydrogens is 436 g/mol. The van der Waals surface area contributed by atoms with Gasteiger partial charge >= 0.3 is 0 Å². The molecule has 4 rings (SSSR count). The lowest BCUT2D eigenvalue weighted by atomic mass is 10.2. The number of nitrogens with zero attached hydrogens (tertiary/aromatic N) is 1. The third-order valence-corrected chi connectivity index (χ3v) is 6.50. The molecule has 0 bridgehead atoms. The Kier molecular flexibility index (Phi) is 6.83. The number of aromatic nitrogens is 1. The lowest BCUT2D eigenvalue weighted by molar-refractivity contribution is -0.118. The zero-order chi connectivity index (χ0) is 21.6. The monoisotopic (exact) mass is 458 g/mol. The maximum absolute atomic E-state index is 12.2. The molecule has 31 heavy (non-hydrogen) atoms. The van der Waals surface area contributed by atoms with E-state index in [1.54, 1.807) is 25.6 Å². The van der Waals surface area contributed by atoms with E-state index in [2.05, 4.69) is 10.3 Å². The fraction of sp³-hybridized carbons (Fsp3) is 0.273. The second kappa shape index (κ2) is 9.93. The molecule has 9 heteroatoms. The number of benzene rings is 2. The summed E-state index contributed by atoms with van der Waals surface area (Å²) in [5.74, 6) is 3.83. The van der Waals surface area contributed by atoms with Crippen molar-refractivity contribution < 1.29 is 23.7 Å². The number of ether oxygens (including phenoxy) is 4. The number of thiazole rings is 1. The quantitative estimate of drug-likeness (QED) is 0.517. The highest BCUT2D eigenvalue weighted by Crippen LogP contribution is 2.34. The van der Waals surface area contributed by atoms with Crippen LogP contribution in [0.4, 0.5) is 0 Å². The van der Waals surface area contributed by atoms with Crippen molar-refractivity contribution in [3.8, 4) is 33.6 Å². The highest BCUT2D eigenvalue weighted by atomic mass is 32.2. The molecule has 3 aromatic rings. The van der Waals surface area contributed by atoms with Crippen molar-refractivity contribution >= 4 is 29.0 Å². The summed E-state index contributed by atoms with van der Waals surface area (Å²) in [6, 6.07) is 11.4. The topological polar surface area (TPSA) is 78.9 Å². The second-order valence-corrected chi connectivity index (χ2v) is 8.51. The second-order valence-electron chi connectivity index (χ2n) is 6.67. The molecule has 7 nitrogen and oxygen atoms in total. The molecule has 1 aliphatic heterocycles. The highest BCUT2D eigenvalue weighted by molar-refractivity contribution is 7.99. The molecule has 2 aromatic carbocycles. The first-order chi connectivity index (χ1) is 15.2. The van der Waals surface area contributed by atoms with Gasteiger partial charge in [-0.25, -0.2) is 4.98 Å². The summed E-state index contributed by atoms with van der Waals surface area (Å²) in [5.41, 5.74) is 2.89. The first kappa shape index (κ1) is 21.3. The van der Waals surface area contributed by atoms with E-state index in [0.29, 0.717) is 29.5 Å². The van der Waals surface area contributed by atoms with Gasteiger partial charge < -0.3 is 24.3 Å². The van der Waals surface area contributed by atoms with Crippen LogP contribution in [0, 0.1) is 0 Å². The number of hydrogen-bond donors (Lipinski definition) is 1. The van der Waals surface area contributed by atoms with Gasteiger partial charge in [-0.2, -0.15) is 0 Å². The summed E-state index contributed by atoms with van der Waals surface area (Å²) in [6.07, 6.45) is 0. The van der Waals surface area contributed by atoms with Crippen molar-refractivity contribution in [2.45, 2.75) is 12.3 Å². The van der Waals surface area contributed by atoms with Crippen LogP contribution in [0.3, 0.4) is 0 Å². The standard InChI is InChI=1S/C22H22N2O5S2/c1-26-17-6-4-15(8-19(17)27-2)22-24-16(11-31-22)10-30-12-21(25)23-9-14-3-5-18-20(7-14)29-13-28-18/h3-8,11H,9-10,12-13H2,1-2H3,(H,23,25). The number of rotatable bonds is 9. The normalized spacial score (nSPS) is 11.9. The predicted octanol–water partition coefficient (Wildman–Crippen LogP) is 4.11. The van der Waals surface area contributed by atoms with Gasteiger partial charge in [0.05, 0.1) is 25.7 Å². The van der Waals surface area contributed by atoms with Crippen LogP contribution in [0.1, 0.15) is 11.3 Å². The third kappa shape index (κ3) is 5.23. The van der Waals surface area contributed by atoms with Crippen LogP contribution in [0.5, 0.6) is 23.0 Å². The molecule has 1 N–H and O–H groups in total. The molecule has 1 aliphatic rings. The molecule has 2 heterocycles. The van der Waals surface area contributed by atoms with Crippen molar-refractivity contribution in [2.24, 2.45) is 0 Å². The number of carbonyl (C=O) groups is 1. The maximum Gasteiger partial charge on any atom is 0.231 e. The van der Waals surface area contributed by atoms with Gasteiger partial charge in [-0.15, -0.1) is 23.1 Å². The van der Waals surface area contributed by atoms with Gasteiger partial charge in [0.2, 0.25) is 12.7 Å². The highest BCUT2D eigenvalue weighted by Gasteiger charge is 2.14. The van der Waals surface area contributed by atoms with Crippen LogP contribution in [0.25, 0.3) is 10.6 Å². The summed E-state index contributed by atoms with van der Waals surface area (Å²) in [7, 11) is 3.23. The Morgan fingerprint density at radius 2 is 1.97 bits per heavy atom. The summed E-state index contributed by atoms with van der Waals surface area (Å²) >= 11 is 3.10. The molecule has 0 unspecified atom stereocenters. The summed E-state index contributed by atoms with van der Waals surface area (Å²) in [4.78, 5) is 16.8. The SMILES string of the molecule is COc1ccc(-c2nc(CSCC(=O)NCc3ccc4c(c3)OCO4)cs2)cc1OC. The van der Waals surface area contributed by atoms with E-state index in [-0.39, 0.29) is 12.7 Å².